The molecule has 0 spiro atoms. The fourth-order valence-corrected chi connectivity index (χ4v) is 6.89. The highest BCUT2D eigenvalue weighted by Gasteiger charge is 2.16. The lowest BCUT2D eigenvalue weighted by Gasteiger charge is -2.13. The summed E-state index contributed by atoms with van der Waals surface area (Å²) in [5.74, 6) is 0.188. The molecule has 348 valence electrons. The van der Waals surface area contributed by atoms with Crippen molar-refractivity contribution in [3.63, 3.8) is 0 Å². The Balaban J connectivity index is 0.000000251. The Hall–Kier alpha value is -7.37. The number of carbonyl (C=O) groups excluding carboxylic acids is 4. The van der Waals surface area contributed by atoms with Gasteiger partial charge in [0.05, 0.1) is 48.2 Å². The SMILES string of the molecule is CNC(=O)c1ccccc1Nc1nc(Nc2cccc(NC(=O)/C=C/CN(C)C)c2)ncc1Cl.CNC(=O)c1ccccc1Nc1nc(Nc2cccc(NC(=O)CP(C)(C)=O)c2)ncc1Cl. The molecule has 0 saturated carbocycles. The van der Waals surface area contributed by atoms with Crippen molar-refractivity contribution in [3.05, 3.63) is 143 Å². The van der Waals surface area contributed by atoms with E-state index in [1.165, 1.54) is 18.5 Å². The first kappa shape index (κ1) is 50.6. The number of para-hydroxylation sites is 2. The second-order valence-corrected chi connectivity index (χ2v) is 19.4. The summed E-state index contributed by atoms with van der Waals surface area (Å²) in [6.45, 7) is 3.81. The summed E-state index contributed by atoms with van der Waals surface area (Å²) < 4.78 is 11.9. The predicted molar refractivity (Wildman–Crippen MR) is 269 cm³/mol. The van der Waals surface area contributed by atoms with E-state index < -0.39 is 7.14 Å². The molecule has 0 aliphatic rings. The molecule has 0 bridgehead atoms. The summed E-state index contributed by atoms with van der Waals surface area (Å²) in [4.78, 5) is 67.7. The van der Waals surface area contributed by atoms with E-state index in [9.17, 15) is 23.7 Å². The van der Waals surface area contributed by atoms with E-state index in [0.717, 1.165) is 0 Å². The maximum Gasteiger partial charge on any atom is 0.253 e. The summed E-state index contributed by atoms with van der Waals surface area (Å²) in [5, 5.41) is 23.7. The van der Waals surface area contributed by atoms with Gasteiger partial charge in [-0.15, -0.1) is 0 Å². The van der Waals surface area contributed by atoms with Gasteiger partial charge in [-0.3, -0.25) is 19.2 Å². The van der Waals surface area contributed by atoms with Gasteiger partial charge in [-0.1, -0.05) is 65.7 Å². The van der Waals surface area contributed by atoms with Crippen LogP contribution in [0.15, 0.2) is 122 Å². The topological polar surface area (TPSA) is 236 Å². The van der Waals surface area contributed by atoms with Crippen LogP contribution < -0.4 is 42.5 Å². The third kappa shape index (κ3) is 16.2. The average Bonchev–Trinajstić information content (AvgIpc) is 3.28. The van der Waals surface area contributed by atoms with Crippen LogP contribution in [0.2, 0.25) is 10.0 Å². The van der Waals surface area contributed by atoms with Crippen LogP contribution in [0.25, 0.3) is 0 Å². The number of anilines is 10. The Bertz CT molecular complexity index is 2810. The van der Waals surface area contributed by atoms with Gasteiger partial charge in [-0.05, 0) is 88.1 Å². The number of nitrogens with one attached hydrogen (secondary N) is 8. The van der Waals surface area contributed by atoms with Crippen LogP contribution >= 0.6 is 30.3 Å². The quantitative estimate of drug-likeness (QED) is 0.0316. The third-order valence-corrected chi connectivity index (χ3v) is 10.4. The Morgan fingerprint density at radius 3 is 1.52 bits per heavy atom. The van der Waals surface area contributed by atoms with E-state index in [1.54, 1.807) is 124 Å². The number of hydrogen-bond acceptors (Lipinski definition) is 14. The summed E-state index contributed by atoms with van der Waals surface area (Å²) in [5.41, 5.74) is 4.46. The van der Waals surface area contributed by atoms with Gasteiger partial charge in [0.1, 0.15) is 10.0 Å². The summed E-state index contributed by atoms with van der Waals surface area (Å²) in [6, 6.07) is 28.2. The smallest absolute Gasteiger partial charge is 0.253 e. The van der Waals surface area contributed by atoms with Crippen molar-refractivity contribution in [2.45, 2.75) is 0 Å². The van der Waals surface area contributed by atoms with Crippen molar-refractivity contribution in [1.82, 2.24) is 35.5 Å². The highest BCUT2D eigenvalue weighted by molar-refractivity contribution is 7.63. The molecule has 0 unspecified atom stereocenters. The first-order valence-electron chi connectivity index (χ1n) is 20.4. The molecule has 67 heavy (non-hydrogen) atoms. The molecule has 0 saturated heterocycles. The van der Waals surface area contributed by atoms with Crippen molar-refractivity contribution in [2.24, 2.45) is 0 Å². The number of likely N-dealkylation sites (N-methyl/N-ethyl adjacent to an activating group) is 1. The summed E-state index contributed by atoms with van der Waals surface area (Å²) >= 11 is 12.5. The lowest BCUT2D eigenvalue weighted by atomic mass is 10.1. The Morgan fingerprint density at radius 1 is 0.627 bits per heavy atom. The van der Waals surface area contributed by atoms with Crippen molar-refractivity contribution in [3.8, 4) is 0 Å². The van der Waals surface area contributed by atoms with Gasteiger partial charge in [-0.2, -0.15) is 9.97 Å². The molecule has 8 N–H and O–H groups in total. The zero-order valence-electron chi connectivity index (χ0n) is 37.4. The van der Waals surface area contributed by atoms with Crippen LogP contribution in [0.3, 0.4) is 0 Å². The Morgan fingerprint density at radius 2 is 1.07 bits per heavy atom. The van der Waals surface area contributed by atoms with Gasteiger partial charge in [0, 0.05) is 49.5 Å². The van der Waals surface area contributed by atoms with Crippen LogP contribution in [-0.4, -0.2) is 103 Å². The maximum atomic E-state index is 12.1. The lowest BCUT2D eigenvalue weighted by molar-refractivity contribution is -0.114. The molecule has 6 rings (SSSR count). The molecule has 0 aliphatic heterocycles. The summed E-state index contributed by atoms with van der Waals surface area (Å²) in [6.07, 6.45) is 6.15. The Kier molecular flexibility index (Phi) is 18.3. The van der Waals surface area contributed by atoms with Crippen molar-refractivity contribution in [2.75, 3.05) is 86.1 Å². The highest BCUT2D eigenvalue weighted by Crippen LogP contribution is 2.35. The molecule has 4 aromatic carbocycles. The van der Waals surface area contributed by atoms with Crippen molar-refractivity contribution < 1.29 is 23.7 Å². The van der Waals surface area contributed by atoms with E-state index in [2.05, 4.69) is 62.5 Å². The molecule has 0 atom stereocenters. The number of carbonyl (C=O) groups is 4. The van der Waals surface area contributed by atoms with Crippen LogP contribution in [0.1, 0.15) is 20.7 Å². The van der Waals surface area contributed by atoms with E-state index in [-0.39, 0.29) is 40.8 Å². The largest absolute Gasteiger partial charge is 0.355 e. The number of amides is 4. The number of benzene rings is 4. The van der Waals surface area contributed by atoms with Crippen molar-refractivity contribution >= 4 is 112 Å². The van der Waals surface area contributed by atoms with Gasteiger partial charge in [0.15, 0.2) is 11.6 Å². The number of nitrogens with zero attached hydrogens (tertiary/aromatic N) is 5. The van der Waals surface area contributed by atoms with E-state index in [4.69, 9.17) is 23.2 Å². The van der Waals surface area contributed by atoms with Crippen LogP contribution in [0.5, 0.6) is 0 Å². The fraction of sp³-hybridized carbons (Fsp3) is 0.174. The maximum absolute atomic E-state index is 12.1. The minimum Gasteiger partial charge on any atom is -0.355 e. The minimum atomic E-state index is -2.47. The molecule has 0 radical (unpaired) electrons. The van der Waals surface area contributed by atoms with Crippen LogP contribution in [0.4, 0.5) is 57.7 Å². The lowest BCUT2D eigenvalue weighted by Crippen LogP contribution is -2.19. The normalized spacial score (nSPS) is 10.9. The number of hydrogen-bond donors (Lipinski definition) is 8. The zero-order chi connectivity index (χ0) is 48.5. The molecular formula is C46H50Cl2N13O5P. The molecular weight excluding hydrogens is 916 g/mol. The molecule has 21 heteroatoms. The van der Waals surface area contributed by atoms with Gasteiger partial charge in [0.2, 0.25) is 23.7 Å². The second-order valence-electron chi connectivity index (χ2n) is 15.1. The standard InChI is InChI=1S/C24H26ClN7O2.C22H24ClN6O3P/c1-26-23(34)18-10-4-5-11-20(18)30-22-19(25)15-27-24(31-22)29-17-9-6-8-16(14-17)28-21(33)12-7-13-32(2)3;1-24-21(31)16-9-4-5-10-18(16)28-20-17(23)12-25-22(29-20)27-15-8-6-7-14(11-15)26-19(30)13-33(2,3)32/h4-12,14-15H,13H2,1-3H3,(H,26,34)(H,28,33)(H2,27,29,30,31);4-12H,13H2,1-3H3,(H,24,31)(H,26,30)(H2,25,27,28,29)/b12-7+;. The molecule has 2 heterocycles. The second kappa shape index (κ2) is 24.2. The Labute approximate surface area is 398 Å². The average molecular weight is 967 g/mol. The summed E-state index contributed by atoms with van der Waals surface area (Å²) in [7, 11) is 4.51. The molecule has 6 aromatic rings. The molecule has 0 aliphatic carbocycles. The van der Waals surface area contributed by atoms with Crippen LogP contribution in [-0.2, 0) is 14.2 Å². The predicted octanol–water partition coefficient (Wildman–Crippen LogP) is 8.57. The number of rotatable bonds is 17. The fourth-order valence-electron chi connectivity index (χ4n) is 5.84. The molecule has 4 amide bonds. The first-order valence-corrected chi connectivity index (χ1v) is 24.0. The van der Waals surface area contributed by atoms with Crippen molar-refractivity contribution in [1.29, 1.82) is 0 Å². The highest BCUT2D eigenvalue weighted by atomic mass is 35.5. The monoisotopic (exact) mass is 965 g/mol. The van der Waals surface area contributed by atoms with E-state index in [0.29, 0.717) is 74.4 Å². The van der Waals surface area contributed by atoms with Gasteiger partial charge >= 0.3 is 0 Å². The number of halogens is 2. The van der Waals surface area contributed by atoms with E-state index >= 15 is 0 Å². The molecule has 2 aromatic heterocycles. The molecule has 18 nitrogen and oxygen atoms in total. The zero-order valence-corrected chi connectivity index (χ0v) is 39.8. The van der Waals surface area contributed by atoms with Crippen LogP contribution in [0, 0.1) is 0 Å². The van der Waals surface area contributed by atoms with E-state index in [1.807, 2.05) is 25.1 Å². The van der Waals surface area contributed by atoms with Gasteiger partial charge in [-0.25, -0.2) is 9.97 Å². The van der Waals surface area contributed by atoms with Gasteiger partial charge < -0.3 is 52.0 Å². The third-order valence-electron chi connectivity index (χ3n) is 8.84. The first-order chi connectivity index (χ1) is 32.0. The minimum absolute atomic E-state index is 0.0302. The van der Waals surface area contributed by atoms with Gasteiger partial charge in [0.25, 0.3) is 11.8 Å². The molecule has 0 fully saturated rings. The number of aromatic nitrogens is 4.